The second-order valence-corrected chi connectivity index (χ2v) is 5.13. The number of nitrogens with zero attached hydrogens (tertiary/aromatic N) is 2. The first-order valence-electron chi connectivity index (χ1n) is 6.92. The van der Waals surface area contributed by atoms with Crippen molar-refractivity contribution in [2.45, 2.75) is 25.3 Å². The van der Waals surface area contributed by atoms with Gasteiger partial charge in [0.1, 0.15) is 0 Å². The predicted molar refractivity (Wildman–Crippen MR) is 76.0 cm³/mol. The van der Waals surface area contributed by atoms with E-state index in [2.05, 4.69) is 41.1 Å². The number of rotatable bonds is 5. The third-order valence-electron chi connectivity index (χ3n) is 3.88. The molecule has 0 radical (unpaired) electrons. The van der Waals surface area contributed by atoms with E-state index >= 15 is 0 Å². The topological polar surface area (TPSA) is 26.7 Å². The molecule has 0 bridgehead atoms. The molecule has 1 heterocycles. The van der Waals surface area contributed by atoms with E-state index in [-0.39, 0.29) is 0 Å². The van der Waals surface area contributed by atoms with Gasteiger partial charge < -0.3 is 10.0 Å². The number of aliphatic hydroxyl groups is 1. The normalized spacial score (nSPS) is 20.9. The molecule has 1 unspecified atom stereocenters. The third kappa shape index (κ3) is 3.47. The van der Waals surface area contributed by atoms with Gasteiger partial charge in [-0.2, -0.15) is 0 Å². The van der Waals surface area contributed by atoms with E-state index in [0.29, 0.717) is 12.6 Å². The second kappa shape index (κ2) is 6.76. The van der Waals surface area contributed by atoms with Crippen molar-refractivity contribution < 1.29 is 5.11 Å². The average Bonchev–Trinajstić information content (AvgIpc) is 2.46. The Morgan fingerprint density at radius 1 is 1.28 bits per heavy atom. The predicted octanol–water partition coefficient (Wildman–Crippen LogP) is 1.97. The van der Waals surface area contributed by atoms with Gasteiger partial charge in [0.05, 0.1) is 6.61 Å². The molecule has 3 heteroatoms. The summed E-state index contributed by atoms with van der Waals surface area (Å²) in [7, 11) is 2.13. The summed E-state index contributed by atoms with van der Waals surface area (Å²) in [6, 6.07) is 10.8. The Morgan fingerprint density at radius 3 is 2.78 bits per heavy atom. The smallest absolute Gasteiger partial charge is 0.0586 e. The fourth-order valence-corrected chi connectivity index (χ4v) is 2.65. The first kappa shape index (κ1) is 13.4. The van der Waals surface area contributed by atoms with Crippen LogP contribution in [0.3, 0.4) is 0 Å². The van der Waals surface area contributed by atoms with Crippen molar-refractivity contribution in [2.75, 3.05) is 38.2 Å². The highest BCUT2D eigenvalue weighted by Crippen LogP contribution is 2.17. The van der Waals surface area contributed by atoms with Crippen molar-refractivity contribution in [3.05, 3.63) is 30.3 Å². The van der Waals surface area contributed by atoms with Crippen molar-refractivity contribution in [1.82, 2.24) is 4.90 Å². The SMILES string of the molecule is CN(CCN1CCCCC1CO)c1ccccc1. The Hall–Kier alpha value is -1.06. The molecule has 0 aromatic heterocycles. The maximum atomic E-state index is 9.39. The van der Waals surface area contributed by atoms with Gasteiger partial charge in [-0.15, -0.1) is 0 Å². The van der Waals surface area contributed by atoms with E-state index < -0.39 is 0 Å². The lowest BCUT2D eigenvalue weighted by molar-refractivity contribution is 0.0928. The Labute approximate surface area is 110 Å². The first-order chi connectivity index (χ1) is 8.81. The fourth-order valence-electron chi connectivity index (χ4n) is 2.65. The summed E-state index contributed by atoms with van der Waals surface area (Å²) in [6.07, 6.45) is 3.67. The number of hydrogen-bond donors (Lipinski definition) is 1. The van der Waals surface area contributed by atoms with Gasteiger partial charge in [0.25, 0.3) is 0 Å². The summed E-state index contributed by atoms with van der Waals surface area (Å²) in [5, 5.41) is 9.39. The van der Waals surface area contributed by atoms with Crippen LogP contribution in [0.2, 0.25) is 0 Å². The molecule has 1 atom stereocenters. The number of hydrogen-bond acceptors (Lipinski definition) is 3. The molecule has 0 spiro atoms. The molecule has 0 amide bonds. The molecule has 1 fully saturated rings. The number of aliphatic hydroxyl groups excluding tert-OH is 1. The molecular weight excluding hydrogens is 224 g/mol. The number of likely N-dealkylation sites (tertiary alicyclic amines) is 1. The van der Waals surface area contributed by atoms with Crippen LogP contribution in [-0.4, -0.2) is 49.3 Å². The van der Waals surface area contributed by atoms with Crippen LogP contribution in [0.5, 0.6) is 0 Å². The van der Waals surface area contributed by atoms with Gasteiger partial charge in [-0.1, -0.05) is 24.6 Å². The zero-order chi connectivity index (χ0) is 12.8. The van der Waals surface area contributed by atoms with Crippen LogP contribution in [-0.2, 0) is 0 Å². The van der Waals surface area contributed by atoms with Crippen LogP contribution in [0.4, 0.5) is 5.69 Å². The number of para-hydroxylation sites is 1. The van der Waals surface area contributed by atoms with Gasteiger partial charge in [0, 0.05) is 31.9 Å². The van der Waals surface area contributed by atoms with Gasteiger partial charge in [0.15, 0.2) is 0 Å². The summed E-state index contributed by atoms with van der Waals surface area (Å²) in [5.41, 5.74) is 1.26. The molecule has 1 aromatic rings. The molecule has 1 saturated heterocycles. The van der Waals surface area contributed by atoms with Crippen molar-refractivity contribution in [1.29, 1.82) is 0 Å². The Bertz CT molecular complexity index is 342. The van der Waals surface area contributed by atoms with E-state index in [4.69, 9.17) is 0 Å². The van der Waals surface area contributed by atoms with Crippen LogP contribution in [0.1, 0.15) is 19.3 Å². The third-order valence-corrected chi connectivity index (χ3v) is 3.88. The number of likely N-dealkylation sites (N-methyl/N-ethyl adjacent to an activating group) is 1. The number of piperidine rings is 1. The monoisotopic (exact) mass is 248 g/mol. The maximum absolute atomic E-state index is 9.39. The molecule has 100 valence electrons. The highest BCUT2D eigenvalue weighted by atomic mass is 16.3. The van der Waals surface area contributed by atoms with Gasteiger partial charge in [0.2, 0.25) is 0 Å². The summed E-state index contributed by atoms with van der Waals surface area (Å²) in [4.78, 5) is 4.71. The molecule has 3 nitrogen and oxygen atoms in total. The van der Waals surface area contributed by atoms with Crippen molar-refractivity contribution in [3.63, 3.8) is 0 Å². The first-order valence-corrected chi connectivity index (χ1v) is 6.92. The molecule has 0 aliphatic carbocycles. The summed E-state index contributed by atoms with van der Waals surface area (Å²) >= 11 is 0. The van der Waals surface area contributed by atoms with E-state index in [1.54, 1.807) is 0 Å². The largest absolute Gasteiger partial charge is 0.395 e. The fraction of sp³-hybridized carbons (Fsp3) is 0.600. The summed E-state index contributed by atoms with van der Waals surface area (Å²) in [5.74, 6) is 0. The van der Waals surface area contributed by atoms with E-state index in [0.717, 1.165) is 26.1 Å². The molecule has 0 saturated carbocycles. The van der Waals surface area contributed by atoms with Gasteiger partial charge in [-0.3, -0.25) is 4.90 Å². The standard InChI is InChI=1S/C15H24N2O/c1-16(14-7-3-2-4-8-14)11-12-17-10-6-5-9-15(17)13-18/h2-4,7-8,15,18H,5-6,9-13H2,1H3. The van der Waals surface area contributed by atoms with Crippen LogP contribution in [0.15, 0.2) is 30.3 Å². The Morgan fingerprint density at radius 2 is 2.06 bits per heavy atom. The highest BCUT2D eigenvalue weighted by Gasteiger charge is 2.21. The molecule has 1 aliphatic rings. The van der Waals surface area contributed by atoms with Crippen LogP contribution in [0, 0.1) is 0 Å². The zero-order valence-corrected chi connectivity index (χ0v) is 11.3. The molecule has 18 heavy (non-hydrogen) atoms. The van der Waals surface area contributed by atoms with Gasteiger partial charge >= 0.3 is 0 Å². The molecule has 1 aliphatic heterocycles. The van der Waals surface area contributed by atoms with Crippen molar-refractivity contribution in [2.24, 2.45) is 0 Å². The molecule has 1 N–H and O–H groups in total. The van der Waals surface area contributed by atoms with Crippen molar-refractivity contribution >= 4 is 5.69 Å². The summed E-state index contributed by atoms with van der Waals surface area (Å²) in [6.45, 7) is 3.49. The molecule has 2 rings (SSSR count). The van der Waals surface area contributed by atoms with E-state index in [9.17, 15) is 5.11 Å². The highest BCUT2D eigenvalue weighted by molar-refractivity contribution is 5.44. The summed E-state index contributed by atoms with van der Waals surface area (Å²) < 4.78 is 0. The minimum Gasteiger partial charge on any atom is -0.395 e. The minimum atomic E-state index is 0.301. The average molecular weight is 248 g/mol. The Kier molecular flexibility index (Phi) is 5.02. The minimum absolute atomic E-state index is 0.301. The molecular formula is C15H24N2O. The van der Waals surface area contributed by atoms with Crippen LogP contribution >= 0.6 is 0 Å². The second-order valence-electron chi connectivity index (χ2n) is 5.13. The van der Waals surface area contributed by atoms with Gasteiger partial charge in [-0.05, 0) is 31.5 Å². The van der Waals surface area contributed by atoms with Crippen molar-refractivity contribution in [3.8, 4) is 0 Å². The van der Waals surface area contributed by atoms with E-state index in [1.165, 1.54) is 18.5 Å². The lowest BCUT2D eigenvalue weighted by atomic mass is 10.0. The van der Waals surface area contributed by atoms with E-state index in [1.807, 2.05) is 6.07 Å². The van der Waals surface area contributed by atoms with Gasteiger partial charge in [-0.25, -0.2) is 0 Å². The van der Waals surface area contributed by atoms with Crippen LogP contribution in [0.25, 0.3) is 0 Å². The number of benzene rings is 1. The quantitative estimate of drug-likeness (QED) is 0.863. The maximum Gasteiger partial charge on any atom is 0.0586 e. The lowest BCUT2D eigenvalue weighted by Gasteiger charge is -2.35. The van der Waals surface area contributed by atoms with Crippen LogP contribution < -0.4 is 4.90 Å². The molecule has 1 aromatic carbocycles. The lowest BCUT2D eigenvalue weighted by Crippen LogP contribution is -2.45. The number of anilines is 1. The zero-order valence-electron chi connectivity index (χ0n) is 11.3. The Balaban J connectivity index is 1.83.